The summed E-state index contributed by atoms with van der Waals surface area (Å²) in [5, 5.41) is 0. The molecule has 0 amide bonds. The molecule has 0 aliphatic rings. The van der Waals surface area contributed by atoms with Crippen molar-refractivity contribution in [3.8, 4) is 56.0 Å². The number of rotatable bonds is 8. The molecule has 4 nitrogen and oxygen atoms in total. The highest BCUT2D eigenvalue weighted by atomic mass is 31.2. The molecule has 1 N–H and O–H groups in total. The Labute approximate surface area is 239 Å². The van der Waals surface area contributed by atoms with Gasteiger partial charge in [0, 0.05) is 22.3 Å². The summed E-state index contributed by atoms with van der Waals surface area (Å²) in [6, 6.07) is 50.0. The second kappa shape index (κ2) is 11.7. The predicted octanol–water partition coefficient (Wildman–Crippen LogP) is 9.91. The molecule has 0 spiro atoms. The third-order valence-electron chi connectivity index (χ3n) is 6.78. The van der Waals surface area contributed by atoms with Gasteiger partial charge in [0.1, 0.15) is 11.5 Å². The summed E-state index contributed by atoms with van der Waals surface area (Å²) in [4.78, 5) is 11.4. The summed E-state index contributed by atoms with van der Waals surface area (Å²) in [6.07, 6.45) is 0. The van der Waals surface area contributed by atoms with Crippen LogP contribution in [0.25, 0.3) is 44.5 Å². The molecule has 0 radical (unpaired) electrons. The van der Waals surface area contributed by atoms with Gasteiger partial charge in [0.25, 0.3) is 0 Å². The van der Waals surface area contributed by atoms with Gasteiger partial charge in [-0.2, -0.15) is 0 Å². The van der Waals surface area contributed by atoms with E-state index in [1.54, 1.807) is 0 Å². The molecular formula is C36H27O4P. The molecule has 0 aromatic heterocycles. The van der Waals surface area contributed by atoms with Gasteiger partial charge in [0.15, 0.2) is 0 Å². The minimum absolute atomic E-state index is 0.272. The Bertz CT molecular complexity index is 1560. The van der Waals surface area contributed by atoms with Gasteiger partial charge in [-0.05, 0) is 22.3 Å². The van der Waals surface area contributed by atoms with Gasteiger partial charge in [-0.1, -0.05) is 158 Å². The molecule has 6 rings (SSSR count). The van der Waals surface area contributed by atoms with Gasteiger partial charge in [-0.3, -0.25) is 4.89 Å². The van der Waals surface area contributed by atoms with E-state index in [0.29, 0.717) is 22.3 Å². The molecule has 200 valence electrons. The quantitative estimate of drug-likeness (QED) is 0.190. The maximum atomic E-state index is 14.0. The third kappa shape index (κ3) is 5.85. The normalized spacial score (nSPS) is 11.1. The van der Waals surface area contributed by atoms with Crippen LogP contribution in [0.2, 0.25) is 0 Å². The van der Waals surface area contributed by atoms with Crippen LogP contribution in [0.4, 0.5) is 0 Å². The SMILES string of the molecule is O=P(O)(Oc1c(-c2ccccc2)cccc1-c1ccccc1)Oc1c(-c2ccccc2)cccc1-c1ccccc1. The summed E-state index contributed by atoms with van der Waals surface area (Å²) in [5.41, 5.74) is 6.16. The topological polar surface area (TPSA) is 55.8 Å². The standard InChI is InChI=1S/C36H27O4P/c37-41(38,39-35-31(27-15-5-1-6-16-27)23-13-24-32(35)28-17-7-2-8-18-28)40-36-33(29-19-9-3-10-20-29)25-14-26-34(36)30-21-11-4-12-22-30/h1-26H,(H,37,38). The highest BCUT2D eigenvalue weighted by molar-refractivity contribution is 7.48. The highest BCUT2D eigenvalue weighted by Gasteiger charge is 2.31. The lowest BCUT2D eigenvalue weighted by Gasteiger charge is -2.22. The van der Waals surface area contributed by atoms with Gasteiger partial charge in [-0.15, -0.1) is 0 Å². The molecule has 6 aromatic carbocycles. The Morgan fingerprint density at radius 1 is 0.366 bits per heavy atom. The second-order valence-corrected chi connectivity index (χ2v) is 10.8. The van der Waals surface area contributed by atoms with Crippen molar-refractivity contribution in [3.05, 3.63) is 158 Å². The molecule has 5 heteroatoms. The molecule has 0 heterocycles. The highest BCUT2D eigenvalue weighted by Crippen LogP contribution is 2.53. The van der Waals surface area contributed by atoms with Gasteiger partial charge in [0.2, 0.25) is 0 Å². The van der Waals surface area contributed by atoms with E-state index < -0.39 is 7.82 Å². The van der Waals surface area contributed by atoms with Crippen molar-refractivity contribution in [2.24, 2.45) is 0 Å². The first kappa shape index (κ1) is 26.3. The minimum atomic E-state index is -4.73. The zero-order valence-corrected chi connectivity index (χ0v) is 23.0. The van der Waals surface area contributed by atoms with Crippen molar-refractivity contribution in [1.82, 2.24) is 0 Å². The Morgan fingerprint density at radius 2 is 0.610 bits per heavy atom. The molecule has 0 saturated carbocycles. The molecule has 0 aliphatic carbocycles. The molecule has 0 bridgehead atoms. The molecule has 6 aromatic rings. The van der Waals surface area contributed by atoms with Crippen LogP contribution >= 0.6 is 7.82 Å². The molecule has 0 saturated heterocycles. The van der Waals surface area contributed by atoms with Crippen molar-refractivity contribution in [3.63, 3.8) is 0 Å². The van der Waals surface area contributed by atoms with Crippen LogP contribution in [0.3, 0.4) is 0 Å². The zero-order valence-electron chi connectivity index (χ0n) is 22.1. The Hall–Kier alpha value is -4.89. The first-order valence-electron chi connectivity index (χ1n) is 13.3. The van der Waals surface area contributed by atoms with Gasteiger partial charge < -0.3 is 9.05 Å². The number of phosphoric acid groups is 1. The average Bonchev–Trinajstić information content (AvgIpc) is 3.02. The van der Waals surface area contributed by atoms with E-state index >= 15 is 0 Å². The third-order valence-corrected chi connectivity index (χ3v) is 7.61. The summed E-state index contributed by atoms with van der Waals surface area (Å²) in [7, 11) is -4.73. The summed E-state index contributed by atoms with van der Waals surface area (Å²) >= 11 is 0. The van der Waals surface area contributed by atoms with E-state index in [2.05, 4.69) is 0 Å². The van der Waals surface area contributed by atoms with E-state index in [-0.39, 0.29) is 11.5 Å². The Morgan fingerprint density at radius 3 is 0.854 bits per heavy atom. The van der Waals surface area contributed by atoms with E-state index in [1.807, 2.05) is 158 Å². The van der Waals surface area contributed by atoms with Gasteiger partial charge in [-0.25, -0.2) is 4.57 Å². The van der Waals surface area contributed by atoms with Crippen LogP contribution in [0.15, 0.2) is 158 Å². The fraction of sp³-hybridized carbons (Fsp3) is 0. The Balaban J connectivity index is 1.48. The molecule has 0 fully saturated rings. The van der Waals surface area contributed by atoms with E-state index in [9.17, 15) is 9.46 Å². The van der Waals surface area contributed by atoms with Crippen LogP contribution in [-0.2, 0) is 4.57 Å². The van der Waals surface area contributed by atoms with Crippen LogP contribution in [0.5, 0.6) is 11.5 Å². The van der Waals surface area contributed by atoms with Crippen molar-refractivity contribution in [1.29, 1.82) is 0 Å². The van der Waals surface area contributed by atoms with Crippen molar-refractivity contribution in [2.75, 3.05) is 0 Å². The monoisotopic (exact) mass is 554 g/mol. The summed E-state index contributed by atoms with van der Waals surface area (Å²) in [6.45, 7) is 0. The lowest BCUT2D eigenvalue weighted by molar-refractivity contribution is 0.292. The first-order valence-corrected chi connectivity index (χ1v) is 14.8. The zero-order chi connectivity index (χ0) is 28.1. The van der Waals surface area contributed by atoms with Crippen molar-refractivity contribution >= 4 is 7.82 Å². The smallest absolute Gasteiger partial charge is 0.394 e. The largest absolute Gasteiger partial charge is 0.584 e. The second-order valence-electron chi connectivity index (χ2n) is 9.48. The first-order chi connectivity index (χ1) is 20.1. The fourth-order valence-electron chi connectivity index (χ4n) is 4.90. The van der Waals surface area contributed by atoms with Gasteiger partial charge >= 0.3 is 7.82 Å². The number of para-hydroxylation sites is 2. The summed E-state index contributed by atoms with van der Waals surface area (Å²) < 4.78 is 26.1. The minimum Gasteiger partial charge on any atom is -0.394 e. The number of hydrogen-bond donors (Lipinski definition) is 1. The molecule has 0 atom stereocenters. The van der Waals surface area contributed by atoms with E-state index in [1.165, 1.54) is 0 Å². The van der Waals surface area contributed by atoms with Crippen LogP contribution in [0.1, 0.15) is 0 Å². The van der Waals surface area contributed by atoms with Crippen molar-refractivity contribution in [2.45, 2.75) is 0 Å². The van der Waals surface area contributed by atoms with Crippen LogP contribution in [-0.4, -0.2) is 4.89 Å². The maximum absolute atomic E-state index is 14.0. The van der Waals surface area contributed by atoms with E-state index in [4.69, 9.17) is 9.05 Å². The van der Waals surface area contributed by atoms with Crippen LogP contribution in [0, 0.1) is 0 Å². The maximum Gasteiger partial charge on any atom is 0.584 e. The fourth-order valence-corrected chi connectivity index (χ4v) is 5.79. The molecule has 0 aliphatic heterocycles. The average molecular weight is 555 g/mol. The van der Waals surface area contributed by atoms with Crippen LogP contribution < -0.4 is 9.05 Å². The Kier molecular flexibility index (Phi) is 7.51. The molecule has 41 heavy (non-hydrogen) atoms. The number of phosphoric ester groups is 1. The predicted molar refractivity (Wildman–Crippen MR) is 166 cm³/mol. The molecular weight excluding hydrogens is 527 g/mol. The molecule has 0 unspecified atom stereocenters. The van der Waals surface area contributed by atoms with Gasteiger partial charge in [0.05, 0.1) is 0 Å². The number of benzene rings is 6. The number of hydrogen-bond acceptors (Lipinski definition) is 3. The van der Waals surface area contributed by atoms with E-state index in [0.717, 1.165) is 22.3 Å². The van der Waals surface area contributed by atoms with Crippen molar-refractivity contribution < 1.29 is 18.5 Å². The lowest BCUT2D eigenvalue weighted by Crippen LogP contribution is -2.04. The lowest BCUT2D eigenvalue weighted by atomic mass is 9.97. The summed E-state index contributed by atoms with van der Waals surface area (Å²) in [5.74, 6) is 0.545.